The minimum absolute atomic E-state index is 0.366. The van der Waals surface area contributed by atoms with Crippen LogP contribution >= 0.6 is 0 Å². The Morgan fingerprint density at radius 3 is 0.859 bits per heavy atom. The third kappa shape index (κ3) is 7.90. The van der Waals surface area contributed by atoms with E-state index in [1.54, 1.807) is 0 Å². The fourth-order valence-corrected chi connectivity index (χ4v) is 10.9. The highest BCUT2D eigenvalue weighted by Crippen LogP contribution is 2.50. The molecule has 0 unspecified atom stereocenters. The molecule has 328 valence electrons. The van der Waals surface area contributed by atoms with Crippen LogP contribution in [0, 0.1) is 6.92 Å². The van der Waals surface area contributed by atoms with Crippen LogP contribution in [0.3, 0.4) is 0 Å². The van der Waals surface area contributed by atoms with Crippen LogP contribution in [-0.4, -0.2) is 0 Å². The number of fused-ring (bicyclic) bond motifs is 5. The van der Waals surface area contributed by atoms with Crippen LogP contribution in [0.1, 0.15) is 183 Å². The summed E-state index contributed by atoms with van der Waals surface area (Å²) in [6.45, 7) is 35.2. The molecule has 0 saturated heterocycles. The van der Waals surface area contributed by atoms with E-state index in [0.717, 1.165) is 0 Å². The lowest BCUT2D eigenvalue weighted by Crippen LogP contribution is -2.03. The Bertz CT molecular complexity index is 2950. The van der Waals surface area contributed by atoms with Crippen LogP contribution in [-0.2, 0) is 0 Å². The lowest BCUT2D eigenvalue weighted by Gasteiger charge is -2.25. The van der Waals surface area contributed by atoms with Gasteiger partial charge in [-0.15, -0.1) is 0 Å². The fourth-order valence-electron chi connectivity index (χ4n) is 10.9. The first-order valence-electron chi connectivity index (χ1n) is 24.5. The lowest BCUT2D eigenvalue weighted by atomic mass is 9.78. The molecule has 8 aromatic carbocycles. The Kier molecular flexibility index (Phi) is 12.6. The van der Waals surface area contributed by atoms with Crippen molar-refractivity contribution >= 4 is 32.3 Å². The maximum atomic E-state index is 2.60. The minimum Gasteiger partial charge on any atom is -0.0617 e. The van der Waals surface area contributed by atoms with E-state index in [1.165, 1.54) is 121 Å². The molecule has 0 bridgehead atoms. The van der Waals surface area contributed by atoms with E-state index in [4.69, 9.17) is 0 Å². The molecule has 0 aliphatic carbocycles. The highest BCUT2D eigenvalue weighted by molar-refractivity contribution is 6.25. The number of hydrogen-bond donors (Lipinski definition) is 0. The van der Waals surface area contributed by atoms with Gasteiger partial charge in [-0.1, -0.05) is 194 Å². The summed E-state index contributed by atoms with van der Waals surface area (Å²) in [4.78, 5) is 0. The van der Waals surface area contributed by atoms with Crippen molar-refractivity contribution in [3.8, 4) is 44.5 Å². The molecule has 0 heterocycles. The molecule has 0 amide bonds. The third-order valence-corrected chi connectivity index (χ3v) is 14.2. The van der Waals surface area contributed by atoms with Crippen LogP contribution in [0.4, 0.5) is 0 Å². The summed E-state index contributed by atoms with van der Waals surface area (Å²) in [5.41, 5.74) is 22.1. The highest BCUT2D eigenvalue weighted by atomic mass is 14.3. The normalized spacial score (nSPS) is 12.3. The van der Waals surface area contributed by atoms with Gasteiger partial charge in [0.1, 0.15) is 0 Å². The molecule has 8 aromatic rings. The molecule has 0 aromatic heterocycles. The predicted octanol–water partition coefficient (Wildman–Crippen LogP) is 20.0. The molecule has 0 nitrogen and oxygen atoms in total. The lowest BCUT2D eigenvalue weighted by molar-refractivity contribution is 0.838. The van der Waals surface area contributed by atoms with Crippen molar-refractivity contribution < 1.29 is 0 Å². The van der Waals surface area contributed by atoms with Gasteiger partial charge in [-0.2, -0.15) is 0 Å². The van der Waals surface area contributed by atoms with E-state index < -0.39 is 0 Å². The Hall–Kier alpha value is -5.46. The van der Waals surface area contributed by atoms with E-state index >= 15 is 0 Å². The molecule has 8 rings (SSSR count). The van der Waals surface area contributed by atoms with E-state index in [-0.39, 0.29) is 0 Å². The second-order valence-corrected chi connectivity index (χ2v) is 21.0. The zero-order chi connectivity index (χ0) is 45.9. The van der Waals surface area contributed by atoms with Crippen molar-refractivity contribution in [1.29, 1.82) is 0 Å². The van der Waals surface area contributed by atoms with E-state index in [2.05, 4.69) is 225 Å². The summed E-state index contributed by atoms with van der Waals surface area (Å²) in [6.07, 6.45) is 0. The summed E-state index contributed by atoms with van der Waals surface area (Å²) >= 11 is 0. The number of rotatable bonds is 11. The van der Waals surface area contributed by atoms with E-state index in [9.17, 15) is 0 Å². The summed E-state index contributed by atoms with van der Waals surface area (Å²) in [6, 6.07) is 48.0. The van der Waals surface area contributed by atoms with Gasteiger partial charge in [0.05, 0.1) is 0 Å². The Morgan fingerprint density at radius 1 is 0.250 bits per heavy atom. The standard InChI is InChI=1S/C64H72/c1-36(2)46-21-16-20-43(15)61(46)44-28-30-53-55(32-44)59(63-49(39(7)8)24-18-25-50(63)40(9)10)34-58-54-31-29-45(62-47(37(3)4)22-17-23-48(62)38(5)6)33-56(54)60(35-57(53)58)64-51(41(11)12)26-19-27-52(64)42(13)14/h16-42H,1-15H3. The van der Waals surface area contributed by atoms with E-state index in [0.29, 0.717) is 41.4 Å². The number of benzene rings is 8. The first-order chi connectivity index (χ1) is 30.5. The van der Waals surface area contributed by atoms with Crippen molar-refractivity contribution in [3.63, 3.8) is 0 Å². The molecule has 0 spiro atoms. The van der Waals surface area contributed by atoms with Crippen molar-refractivity contribution in [3.05, 3.63) is 166 Å². The molecular formula is C64H72. The summed E-state index contributed by atoms with van der Waals surface area (Å²) in [5, 5.41) is 7.94. The van der Waals surface area contributed by atoms with Gasteiger partial charge in [0.15, 0.2) is 0 Å². The molecule has 0 aliphatic heterocycles. The van der Waals surface area contributed by atoms with Gasteiger partial charge in [-0.25, -0.2) is 0 Å². The van der Waals surface area contributed by atoms with Gasteiger partial charge in [0, 0.05) is 0 Å². The largest absolute Gasteiger partial charge is 0.0617 e. The van der Waals surface area contributed by atoms with E-state index in [1.807, 2.05) is 0 Å². The van der Waals surface area contributed by atoms with Crippen LogP contribution in [0.2, 0.25) is 0 Å². The zero-order valence-electron chi connectivity index (χ0n) is 41.6. The van der Waals surface area contributed by atoms with Crippen LogP contribution in [0.25, 0.3) is 76.8 Å². The molecule has 0 radical (unpaired) electrons. The van der Waals surface area contributed by atoms with Gasteiger partial charge < -0.3 is 0 Å². The molecule has 0 fully saturated rings. The van der Waals surface area contributed by atoms with Gasteiger partial charge in [-0.05, 0) is 194 Å². The summed E-state index contributed by atoms with van der Waals surface area (Å²) in [5.74, 6) is 2.68. The van der Waals surface area contributed by atoms with Gasteiger partial charge in [-0.3, -0.25) is 0 Å². The zero-order valence-corrected chi connectivity index (χ0v) is 41.6. The maximum absolute atomic E-state index is 2.60. The molecule has 0 atom stereocenters. The number of hydrogen-bond acceptors (Lipinski definition) is 0. The van der Waals surface area contributed by atoms with Crippen molar-refractivity contribution in [2.24, 2.45) is 0 Å². The molecular weight excluding hydrogens is 769 g/mol. The fraction of sp³-hybridized carbons (Fsp3) is 0.344. The van der Waals surface area contributed by atoms with Crippen molar-refractivity contribution in [2.45, 2.75) is 145 Å². The molecule has 0 saturated carbocycles. The molecule has 0 N–H and O–H groups in total. The number of aryl methyl sites for hydroxylation is 1. The average Bonchev–Trinajstić information content (AvgIpc) is 3.26. The minimum atomic E-state index is 0.366. The SMILES string of the molecule is Cc1cccc(C(C)C)c1-c1ccc2c(c1)c(-c1c(C(C)C)cccc1C(C)C)cc1c3ccc(-c4c(C(C)C)cccc4C(C)C)cc3c(-c3c(C(C)C)cccc3C(C)C)cc21. The predicted molar refractivity (Wildman–Crippen MR) is 284 cm³/mol. The average molecular weight is 841 g/mol. The summed E-state index contributed by atoms with van der Waals surface area (Å²) in [7, 11) is 0. The second kappa shape index (κ2) is 17.8. The second-order valence-electron chi connectivity index (χ2n) is 21.0. The summed E-state index contributed by atoms with van der Waals surface area (Å²) < 4.78 is 0. The maximum Gasteiger partial charge on any atom is -0.00923 e. The molecule has 0 aliphatic rings. The Morgan fingerprint density at radius 2 is 0.531 bits per heavy atom. The first kappa shape index (κ1) is 45.1. The third-order valence-electron chi connectivity index (χ3n) is 14.2. The smallest absolute Gasteiger partial charge is 0.00923 e. The van der Waals surface area contributed by atoms with Crippen LogP contribution in [0.15, 0.2) is 121 Å². The van der Waals surface area contributed by atoms with Crippen LogP contribution in [0.5, 0.6) is 0 Å². The first-order valence-corrected chi connectivity index (χ1v) is 24.5. The Balaban J connectivity index is 1.62. The molecule has 64 heavy (non-hydrogen) atoms. The monoisotopic (exact) mass is 841 g/mol. The van der Waals surface area contributed by atoms with Gasteiger partial charge >= 0.3 is 0 Å². The quantitative estimate of drug-likeness (QED) is 0.114. The van der Waals surface area contributed by atoms with Gasteiger partial charge in [0.2, 0.25) is 0 Å². The Labute approximate surface area is 386 Å². The van der Waals surface area contributed by atoms with Crippen molar-refractivity contribution in [2.75, 3.05) is 0 Å². The van der Waals surface area contributed by atoms with Gasteiger partial charge in [0.25, 0.3) is 0 Å². The van der Waals surface area contributed by atoms with Crippen LogP contribution < -0.4 is 0 Å². The van der Waals surface area contributed by atoms with Crippen molar-refractivity contribution in [1.82, 2.24) is 0 Å². The highest BCUT2D eigenvalue weighted by Gasteiger charge is 2.25. The molecule has 0 heteroatoms. The topological polar surface area (TPSA) is 0 Å².